The summed E-state index contributed by atoms with van der Waals surface area (Å²) in [5, 5.41) is 56.6. The molecule has 2 fully saturated rings. The Morgan fingerprint density at radius 3 is 0.946 bits per heavy atom. The molecule has 2 aliphatic rings. The van der Waals surface area contributed by atoms with Crippen LogP contribution in [0.15, 0.2) is 0 Å². The fourth-order valence-electron chi connectivity index (χ4n) is 1.65. The van der Waals surface area contributed by atoms with E-state index in [1.165, 1.54) is 0 Å². The van der Waals surface area contributed by atoms with Crippen LogP contribution >= 0.6 is 0 Å². The Balaban J connectivity index is -0.00000109. The number of carbonyl (C=O) groups is 6. The third-order valence-electron chi connectivity index (χ3n) is 3.33. The fourth-order valence-corrected chi connectivity index (χ4v) is 8.47. The number of aliphatic hydroxyl groups excluding tert-OH is 6. The van der Waals surface area contributed by atoms with Gasteiger partial charge in [0.2, 0.25) is 0 Å². The van der Waals surface area contributed by atoms with Gasteiger partial charge in [-0.25, -0.2) is 0 Å². The Labute approximate surface area is 221 Å². The van der Waals surface area contributed by atoms with Crippen LogP contribution in [-0.4, -0.2) is 177 Å². The first-order chi connectivity index (χ1) is 14.8. The van der Waals surface area contributed by atoms with Gasteiger partial charge in [0.25, 0.3) is 0 Å². The predicted molar refractivity (Wildman–Crippen MR) is 102 cm³/mol. The molecule has 0 aromatic rings. The monoisotopic (exact) mass is 952 g/mol. The predicted octanol–water partition coefficient (Wildman–Crippen LogP) is -11.7. The zero-order chi connectivity index (χ0) is 24.3. The van der Waals surface area contributed by atoms with Crippen molar-refractivity contribution in [3.63, 3.8) is 0 Å². The first-order valence-corrected chi connectivity index (χ1v) is 16.3. The van der Waals surface area contributed by atoms with Crippen molar-refractivity contribution in [1.29, 1.82) is 0 Å². The van der Waals surface area contributed by atoms with Crippen LogP contribution in [0.2, 0.25) is 0 Å². The van der Waals surface area contributed by atoms with Crippen LogP contribution in [0.25, 0.3) is 0 Å². The van der Waals surface area contributed by atoms with E-state index < -0.39 is 119 Å². The summed E-state index contributed by atoms with van der Waals surface area (Å²) in [6.07, 6.45) is -14.8. The van der Waals surface area contributed by atoms with Crippen LogP contribution in [0.4, 0.5) is 0 Å². The number of hydrogen-bond donors (Lipinski definition) is 6. The second-order valence-electron chi connectivity index (χ2n) is 5.58. The van der Waals surface area contributed by atoms with Crippen molar-refractivity contribution in [2.75, 3.05) is 0 Å². The van der Waals surface area contributed by atoms with Crippen LogP contribution in [0.5, 0.6) is 0 Å². The van der Waals surface area contributed by atoms with E-state index in [1.807, 2.05) is 0 Å². The van der Waals surface area contributed by atoms with Gasteiger partial charge in [0.1, 0.15) is 0 Å². The summed E-state index contributed by atoms with van der Waals surface area (Å²) < 4.78 is 26.5. The van der Waals surface area contributed by atoms with E-state index in [-0.39, 0.29) is 27.4 Å². The van der Waals surface area contributed by atoms with Gasteiger partial charge in [-0.3, -0.25) is 0 Å². The van der Waals surface area contributed by atoms with Gasteiger partial charge >= 0.3 is 195 Å². The molecule has 2 heterocycles. The van der Waals surface area contributed by atoms with Gasteiger partial charge in [-0.05, 0) is 0 Å². The molecule has 0 saturated carbocycles. The molecule has 25 heteroatoms. The topological polar surface area (TPSA) is 437 Å². The van der Waals surface area contributed by atoms with Crippen LogP contribution < -0.4 is 0 Å². The summed E-state index contributed by atoms with van der Waals surface area (Å²) in [6, 6.07) is 0. The molecule has 23 nitrogen and oxygen atoms in total. The zero-order valence-corrected chi connectivity index (χ0v) is 24.4. The maximum absolute atomic E-state index is 11.9. The molecule has 0 aromatic carbocycles. The maximum atomic E-state index is 11.9. The quantitative estimate of drug-likeness (QED) is 0.139. The molecule has 2 aliphatic heterocycles. The normalized spacial score (nSPS) is 25.4. The summed E-state index contributed by atoms with van der Waals surface area (Å²) in [5.41, 5.74) is 0. The molecule has 2 saturated heterocycles. The molecular weight excluding hydrogens is 930 g/mol. The molecule has 16 N–H and O–H groups in total. The first-order valence-electron chi connectivity index (χ1n) is 7.83. The molecule has 0 aromatic heterocycles. The van der Waals surface area contributed by atoms with Gasteiger partial charge in [0.15, 0.2) is 0 Å². The Bertz CT molecular complexity index is 708. The van der Waals surface area contributed by atoms with E-state index in [0.29, 0.717) is 0 Å². The molecule has 218 valence electrons. The van der Waals surface area contributed by atoms with Crippen LogP contribution in [0.3, 0.4) is 0 Å². The van der Waals surface area contributed by atoms with Gasteiger partial charge in [-0.15, -0.1) is 0 Å². The van der Waals surface area contributed by atoms with E-state index in [4.69, 9.17) is 0 Å². The van der Waals surface area contributed by atoms with Gasteiger partial charge in [0, 0.05) is 0 Å². The van der Waals surface area contributed by atoms with Crippen molar-refractivity contribution in [2.45, 2.75) is 36.6 Å². The molecule has 0 amide bonds. The zero-order valence-electron chi connectivity index (χ0n) is 17.4. The van der Waals surface area contributed by atoms with Crippen molar-refractivity contribution in [1.82, 2.24) is 0 Å². The van der Waals surface area contributed by atoms with Crippen molar-refractivity contribution in [3.05, 3.63) is 0 Å². The van der Waals surface area contributed by atoms with E-state index in [9.17, 15) is 59.4 Å². The summed E-state index contributed by atoms with van der Waals surface area (Å²) >= 11 is -9.66. The fraction of sp³-hybridized carbons (Fsp3) is 0.500. The Hall–Kier alpha value is -1.85. The van der Waals surface area contributed by atoms with E-state index in [0.717, 1.165) is 0 Å². The molecule has 37 heavy (non-hydrogen) atoms. The third kappa shape index (κ3) is 10.4. The molecule has 0 bridgehead atoms. The number of rotatable bonds is 5. The van der Waals surface area contributed by atoms with E-state index in [1.54, 1.807) is 0 Å². The second-order valence-corrected chi connectivity index (χ2v) is 13.3. The van der Waals surface area contributed by atoms with Crippen LogP contribution in [-0.2, 0) is 45.6 Å². The number of carbonyl (C=O) groups excluding carboxylic acids is 6. The molecular formula is C12H22Bi2O23. The van der Waals surface area contributed by atoms with Crippen molar-refractivity contribution in [3.8, 4) is 0 Å². The average Bonchev–Trinajstić information content (AvgIpc) is 2.88. The Morgan fingerprint density at radius 1 is 0.568 bits per heavy atom. The minimum absolute atomic E-state index is 0. The standard InChI is InChI=1S/3C4H6O6.2Bi.5H2O/c3*5-1(3(7)8)2(6)4(9)10;;;;;;;/h3*1-2,5-6H,(H,7,8)(H,9,10);;;5*1H2/q;;;2*+3;;;;;/p-6. The number of aliphatic hydroxyl groups is 6. The first kappa shape index (κ1) is 42.2. The third-order valence-corrected chi connectivity index (χ3v) is 11.0. The van der Waals surface area contributed by atoms with Crippen LogP contribution in [0, 0.1) is 0 Å². The van der Waals surface area contributed by atoms with Crippen molar-refractivity contribution >= 4 is 82.0 Å². The average molecular weight is 952 g/mol. The summed E-state index contributed by atoms with van der Waals surface area (Å²) in [5.74, 6) is -9.99. The van der Waals surface area contributed by atoms with Gasteiger partial charge in [-0.1, -0.05) is 0 Å². The van der Waals surface area contributed by atoms with Gasteiger partial charge in [0.05, 0.1) is 0 Å². The van der Waals surface area contributed by atoms with Gasteiger partial charge in [-0.2, -0.15) is 0 Å². The molecule has 6 atom stereocenters. The molecule has 6 unspecified atom stereocenters. The molecule has 0 spiro atoms. The second kappa shape index (κ2) is 17.6. The van der Waals surface area contributed by atoms with Crippen LogP contribution in [0.1, 0.15) is 0 Å². The van der Waals surface area contributed by atoms with Gasteiger partial charge < -0.3 is 27.4 Å². The summed E-state index contributed by atoms with van der Waals surface area (Å²) in [7, 11) is 0. The Kier molecular flexibility index (Phi) is 20.1. The summed E-state index contributed by atoms with van der Waals surface area (Å²) in [6.45, 7) is 0. The number of hydrogen-bond acceptors (Lipinski definition) is 18. The molecule has 0 aliphatic carbocycles. The summed E-state index contributed by atoms with van der Waals surface area (Å²) in [4.78, 5) is 69.4. The minimum atomic E-state index is -4.83. The van der Waals surface area contributed by atoms with Crippen molar-refractivity contribution < 1.29 is 104 Å². The molecule has 0 radical (unpaired) electrons. The van der Waals surface area contributed by atoms with Crippen molar-refractivity contribution in [2.24, 2.45) is 0 Å². The SMILES string of the molecule is O.O.O.O.O.O=C1[O][Bi]([O]C(=O)C(O)C(O)C(=O)[O][Bi]2[O]C(=O)C(O)C(O)C(=O)[O]2)[O]C(=O)C(O)C1O. The Morgan fingerprint density at radius 2 is 0.757 bits per heavy atom. The van der Waals surface area contributed by atoms with E-state index >= 15 is 0 Å². The molecule has 2 rings (SSSR count). The van der Waals surface area contributed by atoms with E-state index in [2.05, 4.69) is 16.9 Å².